The average Bonchev–Trinajstić information content (AvgIpc) is 2.74. The van der Waals surface area contributed by atoms with Crippen molar-refractivity contribution in [3.8, 4) is 5.75 Å². The molecule has 0 aliphatic carbocycles. The number of aromatic nitrogens is 1. The van der Waals surface area contributed by atoms with Crippen molar-refractivity contribution in [2.75, 3.05) is 12.4 Å². The van der Waals surface area contributed by atoms with Gasteiger partial charge in [0.2, 0.25) is 0 Å². The van der Waals surface area contributed by atoms with Gasteiger partial charge >= 0.3 is 0 Å². The van der Waals surface area contributed by atoms with Gasteiger partial charge in [0.15, 0.2) is 5.11 Å². The highest BCUT2D eigenvalue weighted by Gasteiger charge is 2.14. The molecule has 0 bridgehead atoms. The third-order valence-corrected chi connectivity index (χ3v) is 5.36. The predicted molar refractivity (Wildman–Crippen MR) is 128 cm³/mol. The van der Waals surface area contributed by atoms with Gasteiger partial charge in [-0.2, -0.15) is 0 Å². The van der Waals surface area contributed by atoms with Crippen molar-refractivity contribution >= 4 is 23.0 Å². The molecular formula is C25H29N3OS. The summed E-state index contributed by atoms with van der Waals surface area (Å²) in [4.78, 5) is 6.40. The van der Waals surface area contributed by atoms with E-state index < -0.39 is 0 Å². The zero-order valence-corrected chi connectivity index (χ0v) is 18.9. The van der Waals surface area contributed by atoms with Crippen LogP contribution in [0, 0.1) is 6.92 Å². The second-order valence-corrected chi connectivity index (χ2v) is 8.13. The lowest BCUT2D eigenvalue weighted by Gasteiger charge is -2.27. The molecule has 156 valence electrons. The van der Waals surface area contributed by atoms with Gasteiger partial charge in [0, 0.05) is 25.5 Å². The molecule has 1 heterocycles. The smallest absolute Gasteiger partial charge is 0.174 e. The molecule has 0 spiro atoms. The third kappa shape index (κ3) is 5.80. The Balaban J connectivity index is 1.83. The summed E-state index contributed by atoms with van der Waals surface area (Å²) in [6, 6.07) is 18.8. The van der Waals surface area contributed by atoms with Gasteiger partial charge < -0.3 is 15.0 Å². The Morgan fingerprint density at radius 1 is 1.07 bits per heavy atom. The van der Waals surface area contributed by atoms with Crippen LogP contribution in [0.3, 0.4) is 0 Å². The molecule has 0 aliphatic heterocycles. The van der Waals surface area contributed by atoms with Crippen LogP contribution in [0.25, 0.3) is 0 Å². The monoisotopic (exact) mass is 419 g/mol. The summed E-state index contributed by atoms with van der Waals surface area (Å²) >= 11 is 5.81. The lowest BCUT2D eigenvalue weighted by atomic mass is 10.0. The average molecular weight is 420 g/mol. The number of methoxy groups -OCH3 is 1. The molecule has 4 nitrogen and oxygen atoms in total. The second-order valence-electron chi connectivity index (χ2n) is 7.75. The van der Waals surface area contributed by atoms with Gasteiger partial charge in [0.25, 0.3) is 0 Å². The molecule has 1 N–H and O–H groups in total. The minimum atomic E-state index is 0.516. The maximum atomic E-state index is 5.81. The van der Waals surface area contributed by atoms with Crippen LogP contribution < -0.4 is 10.1 Å². The van der Waals surface area contributed by atoms with Crippen molar-refractivity contribution in [3.05, 3.63) is 89.2 Å². The summed E-state index contributed by atoms with van der Waals surface area (Å²) in [6.45, 7) is 7.83. The van der Waals surface area contributed by atoms with Gasteiger partial charge in [-0.3, -0.25) is 4.98 Å². The number of hydrogen-bond donors (Lipinski definition) is 1. The van der Waals surface area contributed by atoms with E-state index in [-0.39, 0.29) is 0 Å². The third-order valence-electron chi connectivity index (χ3n) is 5.00. The molecule has 0 aliphatic rings. The first kappa shape index (κ1) is 21.8. The Hall–Kier alpha value is -2.92. The van der Waals surface area contributed by atoms with Gasteiger partial charge in [-0.05, 0) is 65.5 Å². The number of nitrogens with one attached hydrogen (secondary N) is 1. The largest absolute Gasteiger partial charge is 0.495 e. The van der Waals surface area contributed by atoms with Crippen LogP contribution >= 0.6 is 12.2 Å². The van der Waals surface area contributed by atoms with E-state index in [1.54, 1.807) is 13.3 Å². The van der Waals surface area contributed by atoms with Gasteiger partial charge in [0.05, 0.1) is 12.8 Å². The number of pyridine rings is 1. The zero-order chi connectivity index (χ0) is 21.5. The zero-order valence-electron chi connectivity index (χ0n) is 18.1. The number of aryl methyl sites for hydroxylation is 1. The minimum absolute atomic E-state index is 0.516. The van der Waals surface area contributed by atoms with Crippen LogP contribution in [-0.4, -0.2) is 22.1 Å². The number of nitrogens with zero attached hydrogens (tertiary/aromatic N) is 2. The first-order valence-electron chi connectivity index (χ1n) is 10.1. The molecule has 3 aromatic rings. The lowest BCUT2D eigenvalue weighted by molar-refractivity contribution is 0.408. The quantitative estimate of drug-likeness (QED) is 0.481. The summed E-state index contributed by atoms with van der Waals surface area (Å²) < 4.78 is 5.50. The van der Waals surface area contributed by atoms with E-state index in [9.17, 15) is 0 Å². The fourth-order valence-electron chi connectivity index (χ4n) is 3.25. The Labute approximate surface area is 184 Å². The number of benzene rings is 2. The molecule has 0 fully saturated rings. The van der Waals surface area contributed by atoms with E-state index in [0.29, 0.717) is 24.1 Å². The van der Waals surface area contributed by atoms with Crippen LogP contribution in [0.15, 0.2) is 67.0 Å². The highest BCUT2D eigenvalue weighted by molar-refractivity contribution is 7.80. The van der Waals surface area contributed by atoms with E-state index in [0.717, 1.165) is 22.6 Å². The maximum Gasteiger partial charge on any atom is 0.174 e. The molecule has 0 amide bonds. The summed E-state index contributed by atoms with van der Waals surface area (Å²) in [5.41, 5.74) is 5.67. The van der Waals surface area contributed by atoms with Crippen molar-refractivity contribution < 1.29 is 4.74 Å². The van der Waals surface area contributed by atoms with Crippen molar-refractivity contribution in [1.29, 1.82) is 0 Å². The summed E-state index contributed by atoms with van der Waals surface area (Å²) in [7, 11) is 1.67. The standard InChI is InChI=1S/C25H29N3OS/c1-18(2)22-10-8-20(9-11-22)16-28(17-21-6-5-13-26-15-21)25(30)27-23-14-19(3)7-12-24(23)29-4/h5-15,18H,16-17H2,1-4H3,(H,27,30). The van der Waals surface area contributed by atoms with Crippen molar-refractivity contribution in [1.82, 2.24) is 9.88 Å². The van der Waals surface area contributed by atoms with Crippen LogP contribution in [0.5, 0.6) is 5.75 Å². The van der Waals surface area contributed by atoms with Gasteiger partial charge in [-0.15, -0.1) is 0 Å². The van der Waals surface area contributed by atoms with Crippen LogP contribution in [-0.2, 0) is 13.1 Å². The molecule has 1 aromatic heterocycles. The van der Waals surface area contributed by atoms with Crippen LogP contribution in [0.4, 0.5) is 5.69 Å². The normalized spacial score (nSPS) is 10.7. The second kappa shape index (κ2) is 10.2. The molecule has 0 unspecified atom stereocenters. The summed E-state index contributed by atoms with van der Waals surface area (Å²) in [5, 5.41) is 4.03. The maximum absolute atomic E-state index is 5.81. The van der Waals surface area contributed by atoms with Crippen LogP contribution in [0.2, 0.25) is 0 Å². The topological polar surface area (TPSA) is 37.4 Å². The molecule has 30 heavy (non-hydrogen) atoms. The Kier molecular flexibility index (Phi) is 7.41. The van der Waals surface area contributed by atoms with Gasteiger partial charge in [-0.25, -0.2) is 0 Å². The minimum Gasteiger partial charge on any atom is -0.495 e. The lowest BCUT2D eigenvalue weighted by Crippen LogP contribution is -2.34. The number of hydrogen-bond acceptors (Lipinski definition) is 3. The van der Waals surface area contributed by atoms with Gasteiger partial charge in [0.1, 0.15) is 5.75 Å². The predicted octanol–water partition coefficient (Wildman–Crippen LogP) is 5.92. The molecule has 5 heteroatoms. The highest BCUT2D eigenvalue weighted by atomic mass is 32.1. The van der Waals surface area contributed by atoms with Crippen molar-refractivity contribution in [2.24, 2.45) is 0 Å². The summed E-state index contributed by atoms with van der Waals surface area (Å²) in [6.07, 6.45) is 3.66. The molecule has 3 rings (SSSR count). The molecule has 0 saturated carbocycles. The Bertz CT molecular complexity index is 971. The van der Waals surface area contributed by atoms with Crippen molar-refractivity contribution in [2.45, 2.75) is 39.8 Å². The fourth-order valence-corrected chi connectivity index (χ4v) is 3.49. The summed E-state index contributed by atoms with van der Waals surface area (Å²) in [5.74, 6) is 1.28. The number of ether oxygens (including phenoxy) is 1. The van der Waals surface area contributed by atoms with Crippen molar-refractivity contribution in [3.63, 3.8) is 0 Å². The van der Waals surface area contributed by atoms with E-state index in [4.69, 9.17) is 17.0 Å². The SMILES string of the molecule is COc1ccc(C)cc1NC(=S)N(Cc1ccc(C(C)C)cc1)Cc1cccnc1. The molecule has 0 saturated heterocycles. The fraction of sp³-hybridized carbons (Fsp3) is 0.280. The van der Waals surface area contributed by atoms with E-state index in [2.05, 4.69) is 66.3 Å². The van der Waals surface area contributed by atoms with E-state index >= 15 is 0 Å². The van der Waals surface area contributed by atoms with Crippen LogP contribution in [0.1, 0.15) is 42.0 Å². The van der Waals surface area contributed by atoms with E-state index in [1.165, 1.54) is 11.1 Å². The molecular weight excluding hydrogens is 390 g/mol. The first-order valence-corrected chi connectivity index (χ1v) is 10.6. The highest BCUT2D eigenvalue weighted by Crippen LogP contribution is 2.26. The molecule has 0 atom stereocenters. The molecule has 0 radical (unpaired) electrons. The number of rotatable bonds is 7. The molecule has 2 aromatic carbocycles. The Morgan fingerprint density at radius 3 is 2.43 bits per heavy atom. The van der Waals surface area contributed by atoms with E-state index in [1.807, 2.05) is 30.5 Å². The number of thiocarbonyl (C=S) groups is 1. The number of anilines is 1. The Morgan fingerprint density at radius 2 is 1.80 bits per heavy atom. The van der Waals surface area contributed by atoms with Gasteiger partial charge in [-0.1, -0.05) is 50.2 Å². The first-order chi connectivity index (χ1) is 14.5.